The van der Waals surface area contributed by atoms with Gasteiger partial charge >= 0.3 is 5.97 Å². The number of hydrogen-bond donors (Lipinski definition) is 9. The molecule has 1 aromatic carbocycles. The van der Waals surface area contributed by atoms with Crippen LogP contribution in [0.25, 0.3) is 0 Å². The lowest BCUT2D eigenvalue weighted by molar-refractivity contribution is -0.145. The van der Waals surface area contributed by atoms with Crippen molar-refractivity contribution in [2.45, 2.75) is 69.5 Å². The van der Waals surface area contributed by atoms with Gasteiger partial charge in [-0.3, -0.25) is 19.2 Å². The van der Waals surface area contributed by atoms with Crippen LogP contribution in [0.1, 0.15) is 32.3 Å². The number of carboxylic acid groups (broad SMARTS) is 1. The molecule has 0 heterocycles. The topological polar surface area (TPSA) is 254 Å². The molecule has 0 aliphatic rings. The van der Waals surface area contributed by atoms with E-state index in [9.17, 15) is 39.3 Å². The number of aliphatic hydroxyl groups is 2. The molecule has 0 bridgehead atoms. The quantitative estimate of drug-likeness (QED) is 0.121. The molecule has 1 rings (SSSR count). The van der Waals surface area contributed by atoms with Crippen molar-refractivity contribution in [3.05, 3.63) is 29.8 Å². The Morgan fingerprint density at radius 3 is 1.86 bits per heavy atom. The normalized spacial score (nSPS) is 15.9. The monoisotopic (exact) mass is 511 g/mol. The first-order chi connectivity index (χ1) is 16.7. The maximum absolute atomic E-state index is 12.8. The summed E-state index contributed by atoms with van der Waals surface area (Å²) in [5, 5.41) is 44.8. The van der Waals surface area contributed by atoms with Gasteiger partial charge in [-0.1, -0.05) is 12.1 Å². The van der Waals surface area contributed by atoms with Gasteiger partial charge in [0.25, 0.3) is 0 Å². The summed E-state index contributed by atoms with van der Waals surface area (Å²) in [5.74, 6) is -5.13. The van der Waals surface area contributed by atoms with Crippen molar-refractivity contribution in [2.75, 3.05) is 0 Å². The number of aliphatic hydroxyl groups excluding tert-OH is 2. The van der Waals surface area contributed by atoms with Crippen molar-refractivity contribution in [1.29, 1.82) is 0 Å². The van der Waals surface area contributed by atoms with E-state index in [-0.39, 0.29) is 25.0 Å². The molecule has 200 valence electrons. The van der Waals surface area contributed by atoms with Gasteiger partial charge < -0.3 is 47.8 Å². The van der Waals surface area contributed by atoms with E-state index in [0.29, 0.717) is 5.56 Å². The zero-order chi connectivity index (χ0) is 27.6. The smallest absolute Gasteiger partial charge is 0.328 e. The van der Waals surface area contributed by atoms with Gasteiger partial charge in [0, 0.05) is 6.42 Å². The molecule has 14 heteroatoms. The molecule has 36 heavy (non-hydrogen) atoms. The van der Waals surface area contributed by atoms with Crippen LogP contribution >= 0.6 is 0 Å². The van der Waals surface area contributed by atoms with Crippen molar-refractivity contribution < 1.29 is 44.4 Å². The Morgan fingerprint density at radius 1 is 0.861 bits per heavy atom. The molecule has 0 spiro atoms. The predicted molar refractivity (Wildman–Crippen MR) is 125 cm³/mol. The van der Waals surface area contributed by atoms with E-state index in [4.69, 9.17) is 16.6 Å². The third-order valence-electron chi connectivity index (χ3n) is 5.15. The number of hydrogen-bond acceptors (Lipinski definition) is 9. The maximum Gasteiger partial charge on any atom is 0.328 e. The standard InChI is InChI=1S/C22H33N5O9/c1-10(28)17(26-19(32)14(23)9-12-3-5-13(30)6-4-12)21(34)25-15(7-8-16(24)31)20(33)27-18(11(2)29)22(35)36/h3-6,10-11,14-15,17-18,28-30H,7-9,23H2,1-2H3,(H2,24,31)(H,25,34)(H,26,32)(H,27,33)(H,35,36). The Bertz CT molecular complexity index is 936. The Balaban J connectivity index is 2.95. The largest absolute Gasteiger partial charge is 0.508 e. The lowest BCUT2D eigenvalue weighted by atomic mass is 10.0. The van der Waals surface area contributed by atoms with Gasteiger partial charge in [0.2, 0.25) is 23.6 Å². The molecule has 14 nitrogen and oxygen atoms in total. The van der Waals surface area contributed by atoms with Gasteiger partial charge in [0.1, 0.15) is 17.8 Å². The minimum absolute atomic E-state index is 0.0284. The number of benzene rings is 1. The fourth-order valence-corrected chi connectivity index (χ4v) is 3.10. The number of amides is 4. The summed E-state index contributed by atoms with van der Waals surface area (Å²) in [5.41, 5.74) is 11.6. The highest BCUT2D eigenvalue weighted by Crippen LogP contribution is 2.11. The number of primary amides is 1. The molecule has 0 radical (unpaired) electrons. The van der Waals surface area contributed by atoms with Crippen molar-refractivity contribution in [3.8, 4) is 5.75 Å². The van der Waals surface area contributed by atoms with E-state index in [0.717, 1.165) is 6.92 Å². The number of rotatable bonds is 14. The molecule has 1 aromatic rings. The summed E-state index contributed by atoms with van der Waals surface area (Å²) in [6.07, 6.45) is -3.52. The first-order valence-corrected chi connectivity index (χ1v) is 11.0. The summed E-state index contributed by atoms with van der Waals surface area (Å²) in [6.45, 7) is 2.35. The highest BCUT2D eigenvalue weighted by Gasteiger charge is 2.33. The maximum atomic E-state index is 12.8. The number of phenols is 1. The Labute approximate surface area is 207 Å². The van der Waals surface area contributed by atoms with E-state index in [1.54, 1.807) is 12.1 Å². The molecule has 0 saturated carbocycles. The first-order valence-electron chi connectivity index (χ1n) is 11.0. The van der Waals surface area contributed by atoms with Crippen LogP contribution in [0.2, 0.25) is 0 Å². The van der Waals surface area contributed by atoms with Crippen LogP contribution in [0.4, 0.5) is 0 Å². The fraction of sp³-hybridized carbons (Fsp3) is 0.500. The van der Waals surface area contributed by atoms with Crippen LogP contribution in [0.5, 0.6) is 5.75 Å². The number of carbonyl (C=O) groups excluding carboxylic acids is 4. The molecule has 6 unspecified atom stereocenters. The van der Waals surface area contributed by atoms with Gasteiger partial charge in [-0.2, -0.15) is 0 Å². The Morgan fingerprint density at radius 2 is 1.39 bits per heavy atom. The highest BCUT2D eigenvalue weighted by molar-refractivity contribution is 5.94. The van der Waals surface area contributed by atoms with Crippen LogP contribution in [0, 0.1) is 0 Å². The zero-order valence-corrected chi connectivity index (χ0v) is 19.9. The van der Waals surface area contributed by atoms with E-state index in [1.165, 1.54) is 19.1 Å². The number of aliphatic carboxylic acids is 1. The molecule has 4 amide bonds. The van der Waals surface area contributed by atoms with Gasteiger partial charge in [0.15, 0.2) is 6.04 Å². The van der Waals surface area contributed by atoms with E-state index in [2.05, 4.69) is 16.0 Å². The van der Waals surface area contributed by atoms with Crippen LogP contribution in [0.15, 0.2) is 24.3 Å². The van der Waals surface area contributed by atoms with E-state index in [1.807, 2.05) is 0 Å². The molecule has 11 N–H and O–H groups in total. The lowest BCUT2D eigenvalue weighted by Gasteiger charge is -2.26. The number of carboxylic acids is 1. The van der Waals surface area contributed by atoms with Crippen LogP contribution in [0.3, 0.4) is 0 Å². The average Bonchev–Trinajstić information content (AvgIpc) is 2.78. The van der Waals surface area contributed by atoms with Crippen molar-refractivity contribution in [3.63, 3.8) is 0 Å². The fourth-order valence-electron chi connectivity index (χ4n) is 3.10. The first kappa shape index (κ1) is 30.3. The molecule has 0 aliphatic carbocycles. The number of nitrogens with one attached hydrogen (secondary N) is 3. The predicted octanol–water partition coefficient (Wildman–Crippen LogP) is -3.17. The lowest BCUT2D eigenvalue weighted by Crippen LogP contribution is -2.60. The summed E-state index contributed by atoms with van der Waals surface area (Å²) in [7, 11) is 0. The summed E-state index contributed by atoms with van der Waals surface area (Å²) in [4.78, 5) is 60.5. The molecule has 6 atom stereocenters. The number of nitrogens with two attached hydrogens (primary N) is 2. The minimum atomic E-state index is -1.70. The molecule has 0 fully saturated rings. The van der Waals surface area contributed by atoms with Gasteiger partial charge in [-0.05, 0) is 44.4 Å². The van der Waals surface area contributed by atoms with Crippen molar-refractivity contribution in [1.82, 2.24) is 16.0 Å². The van der Waals surface area contributed by atoms with Crippen LogP contribution in [-0.2, 0) is 30.4 Å². The minimum Gasteiger partial charge on any atom is -0.508 e. The molecular weight excluding hydrogens is 478 g/mol. The second kappa shape index (κ2) is 14.0. The second-order valence-electron chi connectivity index (χ2n) is 8.34. The Hall–Kier alpha value is -3.75. The molecule has 0 aliphatic heterocycles. The second-order valence-corrected chi connectivity index (χ2v) is 8.34. The number of phenolic OH excluding ortho intramolecular Hbond substituents is 1. The Kier molecular flexibility index (Phi) is 11.7. The van der Waals surface area contributed by atoms with Gasteiger partial charge in [-0.15, -0.1) is 0 Å². The third-order valence-corrected chi connectivity index (χ3v) is 5.15. The third kappa shape index (κ3) is 9.85. The van der Waals surface area contributed by atoms with E-state index < -0.39 is 66.0 Å². The molecular formula is C22H33N5O9. The summed E-state index contributed by atoms with van der Waals surface area (Å²) in [6, 6.07) is 0.0806. The van der Waals surface area contributed by atoms with E-state index >= 15 is 0 Å². The summed E-state index contributed by atoms with van der Waals surface area (Å²) < 4.78 is 0. The highest BCUT2D eigenvalue weighted by atomic mass is 16.4. The number of carbonyl (C=O) groups is 5. The number of aromatic hydroxyl groups is 1. The zero-order valence-electron chi connectivity index (χ0n) is 19.9. The van der Waals surface area contributed by atoms with Gasteiger partial charge in [-0.25, -0.2) is 4.79 Å². The molecule has 0 aromatic heterocycles. The summed E-state index contributed by atoms with van der Waals surface area (Å²) >= 11 is 0. The van der Waals surface area contributed by atoms with Crippen LogP contribution < -0.4 is 27.4 Å². The molecule has 0 saturated heterocycles. The van der Waals surface area contributed by atoms with Crippen LogP contribution in [-0.4, -0.2) is 86.4 Å². The van der Waals surface area contributed by atoms with Crippen molar-refractivity contribution in [2.24, 2.45) is 11.5 Å². The SMILES string of the molecule is CC(O)C(NC(=O)C(CCC(N)=O)NC(=O)C(NC(=O)C(N)Cc1ccc(O)cc1)C(C)O)C(=O)O. The van der Waals surface area contributed by atoms with Gasteiger partial charge in [0.05, 0.1) is 18.2 Å². The van der Waals surface area contributed by atoms with Crippen molar-refractivity contribution >= 4 is 29.6 Å². The average molecular weight is 512 g/mol.